The number of rotatable bonds is 0. The summed E-state index contributed by atoms with van der Waals surface area (Å²) < 4.78 is 0. The third-order valence-corrected chi connectivity index (χ3v) is 0. The van der Waals surface area contributed by atoms with Gasteiger partial charge in [-0.15, -0.1) is 0 Å². The Labute approximate surface area is 90.0 Å². The molecule has 0 aliphatic carbocycles. The monoisotopic (exact) mass is 370 g/mol. The van der Waals surface area contributed by atoms with Crippen molar-refractivity contribution in [1.82, 2.24) is 0 Å². The standard InChI is InChI=1S/3CO2.3CH3.Ir/c3*2-1-3;;;;/h;;;3*1H3;/q;;;3*-1;+3. The second-order valence-corrected chi connectivity index (χ2v) is 0.250. The minimum atomic E-state index is 0. The van der Waals surface area contributed by atoms with Gasteiger partial charge in [0.25, 0.3) is 0 Å². The molecule has 0 rings (SSSR count). The molecule has 0 bridgehead atoms. The predicted molar refractivity (Wildman–Crippen MR) is 34.3 cm³/mol. The third-order valence-electron chi connectivity index (χ3n) is 0. The first-order valence-corrected chi connectivity index (χ1v) is 1.22. The molecule has 7 heteroatoms. The zero-order valence-corrected chi connectivity index (χ0v) is 9.68. The molecular formula is C6H9IrO6. The van der Waals surface area contributed by atoms with E-state index in [1.807, 2.05) is 0 Å². The van der Waals surface area contributed by atoms with E-state index in [-0.39, 0.29) is 60.8 Å². The van der Waals surface area contributed by atoms with Crippen molar-refractivity contribution in [2.45, 2.75) is 0 Å². The second-order valence-electron chi connectivity index (χ2n) is 0.250. The third kappa shape index (κ3) is 569. The summed E-state index contributed by atoms with van der Waals surface area (Å²) in [7, 11) is 0. The largest absolute Gasteiger partial charge is 3.00 e. The summed E-state index contributed by atoms with van der Waals surface area (Å²) in [5.41, 5.74) is 0. The van der Waals surface area contributed by atoms with Crippen LogP contribution in [0.2, 0.25) is 0 Å². The van der Waals surface area contributed by atoms with Gasteiger partial charge in [0.15, 0.2) is 0 Å². The van der Waals surface area contributed by atoms with Crippen LogP contribution in [-0.4, -0.2) is 18.5 Å². The number of hydrogen-bond donors (Lipinski definition) is 0. The average Bonchev–Trinajstić information content (AvgIpc) is 1.70. The fraction of sp³-hybridized carbons (Fsp3) is 0. The molecule has 0 saturated heterocycles. The van der Waals surface area contributed by atoms with Gasteiger partial charge in [0.1, 0.15) is 0 Å². The van der Waals surface area contributed by atoms with Crippen LogP contribution in [0.1, 0.15) is 0 Å². The van der Waals surface area contributed by atoms with Crippen LogP contribution in [0.5, 0.6) is 0 Å². The summed E-state index contributed by atoms with van der Waals surface area (Å²) in [6, 6.07) is 0. The van der Waals surface area contributed by atoms with E-state index in [4.69, 9.17) is 28.8 Å². The van der Waals surface area contributed by atoms with Crippen molar-refractivity contribution < 1.29 is 48.9 Å². The van der Waals surface area contributed by atoms with Crippen LogP contribution in [-0.2, 0) is 48.9 Å². The van der Waals surface area contributed by atoms with Crippen molar-refractivity contribution in [3.05, 3.63) is 22.3 Å². The van der Waals surface area contributed by atoms with Crippen molar-refractivity contribution in [3.8, 4) is 0 Å². The second kappa shape index (κ2) is 323. The smallest absolute Gasteiger partial charge is 0.358 e. The van der Waals surface area contributed by atoms with Crippen LogP contribution in [0, 0.1) is 22.3 Å². The average molecular weight is 369 g/mol. The zero-order valence-electron chi connectivity index (χ0n) is 7.28. The maximum Gasteiger partial charge on any atom is 3.00 e. The normalized spacial score (nSPS) is 1.85. The molecule has 0 aliphatic heterocycles. The molecule has 0 aliphatic rings. The van der Waals surface area contributed by atoms with Crippen molar-refractivity contribution in [2.75, 3.05) is 0 Å². The van der Waals surface area contributed by atoms with Gasteiger partial charge in [0, 0.05) is 0 Å². The fourth-order valence-corrected chi connectivity index (χ4v) is 0. The van der Waals surface area contributed by atoms with E-state index in [2.05, 4.69) is 0 Å². The van der Waals surface area contributed by atoms with Crippen LogP contribution in [0.4, 0.5) is 0 Å². The van der Waals surface area contributed by atoms with E-state index in [9.17, 15) is 0 Å². The van der Waals surface area contributed by atoms with E-state index >= 15 is 0 Å². The molecule has 78 valence electrons. The summed E-state index contributed by atoms with van der Waals surface area (Å²) >= 11 is 0. The predicted octanol–water partition coefficient (Wildman–Crippen LogP) is -0.402. The van der Waals surface area contributed by atoms with Gasteiger partial charge in [-0.3, -0.25) is 0 Å². The number of hydrogen-bond acceptors (Lipinski definition) is 6. The maximum atomic E-state index is 8.12. The molecule has 0 fully saturated rings. The summed E-state index contributed by atoms with van der Waals surface area (Å²) in [5.74, 6) is 0. The van der Waals surface area contributed by atoms with Gasteiger partial charge < -0.3 is 22.3 Å². The Balaban J connectivity index is -0.00000000720. The Morgan fingerprint density at radius 1 is 0.462 bits per heavy atom. The quantitative estimate of drug-likeness (QED) is 0.538. The van der Waals surface area contributed by atoms with Crippen molar-refractivity contribution in [3.63, 3.8) is 0 Å². The SMILES string of the molecule is O=C=O.O=C=O.O=C=O.[CH3-].[CH3-].[CH3-].[Ir+3]. The van der Waals surface area contributed by atoms with Crippen molar-refractivity contribution >= 4 is 18.5 Å². The van der Waals surface area contributed by atoms with Gasteiger partial charge in [-0.05, 0) is 0 Å². The number of carbonyl (C=O) groups excluding carboxylic acids is 6. The Hall–Kier alpha value is -1.21. The minimum absolute atomic E-state index is 0. The Bertz CT molecular complexity index is 109. The molecule has 0 aromatic heterocycles. The molecule has 0 heterocycles. The molecule has 0 unspecified atom stereocenters. The fourth-order valence-electron chi connectivity index (χ4n) is 0. The summed E-state index contributed by atoms with van der Waals surface area (Å²) in [5, 5.41) is 0. The van der Waals surface area contributed by atoms with Gasteiger partial charge in [-0.1, -0.05) is 0 Å². The molecule has 0 radical (unpaired) electrons. The van der Waals surface area contributed by atoms with Gasteiger partial charge in [-0.2, -0.15) is 28.8 Å². The van der Waals surface area contributed by atoms with E-state index in [1.165, 1.54) is 0 Å². The molecule has 6 nitrogen and oxygen atoms in total. The van der Waals surface area contributed by atoms with E-state index in [0.717, 1.165) is 0 Å². The summed E-state index contributed by atoms with van der Waals surface area (Å²) in [6.07, 6.45) is 0.750. The zero-order chi connectivity index (χ0) is 8.12. The first-order valence-electron chi connectivity index (χ1n) is 1.22. The van der Waals surface area contributed by atoms with Crippen LogP contribution < -0.4 is 0 Å². The van der Waals surface area contributed by atoms with E-state index in [0.29, 0.717) is 0 Å². The molecule has 0 saturated carbocycles. The van der Waals surface area contributed by atoms with Crippen LogP contribution in [0.25, 0.3) is 0 Å². The van der Waals surface area contributed by atoms with Crippen LogP contribution in [0.15, 0.2) is 0 Å². The Kier molecular flexibility index (Phi) is 1490. The summed E-state index contributed by atoms with van der Waals surface area (Å²) in [4.78, 5) is 48.8. The Morgan fingerprint density at radius 3 is 0.462 bits per heavy atom. The van der Waals surface area contributed by atoms with Crippen molar-refractivity contribution in [2.24, 2.45) is 0 Å². The topological polar surface area (TPSA) is 102 Å². The molecule has 0 aromatic carbocycles. The first-order chi connectivity index (χ1) is 4.24. The molecular weight excluding hydrogens is 360 g/mol. The summed E-state index contributed by atoms with van der Waals surface area (Å²) in [6.45, 7) is 0. The molecule has 0 atom stereocenters. The van der Waals surface area contributed by atoms with Gasteiger partial charge in [0.05, 0.1) is 0 Å². The molecule has 0 N–H and O–H groups in total. The van der Waals surface area contributed by atoms with Crippen LogP contribution >= 0.6 is 0 Å². The minimum Gasteiger partial charge on any atom is -0.358 e. The van der Waals surface area contributed by atoms with Crippen LogP contribution in [0.3, 0.4) is 0 Å². The van der Waals surface area contributed by atoms with Gasteiger partial charge in [-0.25, -0.2) is 0 Å². The van der Waals surface area contributed by atoms with E-state index < -0.39 is 0 Å². The van der Waals surface area contributed by atoms with Gasteiger partial charge >= 0.3 is 38.6 Å². The molecule has 0 aromatic rings. The van der Waals surface area contributed by atoms with Gasteiger partial charge in [0.2, 0.25) is 0 Å². The molecule has 0 spiro atoms. The van der Waals surface area contributed by atoms with Crippen molar-refractivity contribution in [1.29, 1.82) is 0 Å². The molecule has 13 heavy (non-hydrogen) atoms. The van der Waals surface area contributed by atoms with E-state index in [1.54, 1.807) is 0 Å². The Morgan fingerprint density at radius 2 is 0.462 bits per heavy atom. The molecule has 0 amide bonds. The maximum absolute atomic E-state index is 8.12. The first kappa shape index (κ1) is 59.8.